The van der Waals surface area contributed by atoms with Crippen LogP contribution in [0.4, 0.5) is 0 Å². The second-order valence-corrected chi connectivity index (χ2v) is 9.46. The van der Waals surface area contributed by atoms with E-state index in [2.05, 4.69) is 33.4 Å². The summed E-state index contributed by atoms with van der Waals surface area (Å²) in [4.78, 5) is 12.9. The van der Waals surface area contributed by atoms with Crippen molar-refractivity contribution in [3.05, 3.63) is 71.5 Å². The Bertz CT molecular complexity index is 974. The van der Waals surface area contributed by atoms with Crippen LogP contribution in [0.1, 0.15) is 76.9 Å². The van der Waals surface area contributed by atoms with Crippen molar-refractivity contribution in [1.29, 1.82) is 0 Å². The van der Waals surface area contributed by atoms with Crippen LogP contribution >= 0.6 is 0 Å². The van der Waals surface area contributed by atoms with Gasteiger partial charge in [0.2, 0.25) is 0 Å². The molecule has 2 aromatic rings. The second-order valence-electron chi connectivity index (χ2n) is 9.46. The molecular formula is C28H36O4. The van der Waals surface area contributed by atoms with E-state index in [1.807, 2.05) is 33.8 Å². The Labute approximate surface area is 192 Å². The number of carbonyl (C=O) groups is 1. The van der Waals surface area contributed by atoms with Crippen LogP contribution < -0.4 is 14.2 Å². The Morgan fingerprint density at radius 1 is 0.938 bits per heavy atom. The van der Waals surface area contributed by atoms with Crippen molar-refractivity contribution in [3.8, 4) is 17.2 Å². The molecule has 0 saturated heterocycles. The minimum absolute atomic E-state index is 0.00824. The Morgan fingerprint density at radius 3 is 2.03 bits per heavy atom. The Hall–Kier alpha value is -3.01. The van der Waals surface area contributed by atoms with Gasteiger partial charge in [0.15, 0.2) is 5.78 Å². The lowest BCUT2D eigenvalue weighted by Gasteiger charge is -2.27. The van der Waals surface area contributed by atoms with Gasteiger partial charge < -0.3 is 14.2 Å². The van der Waals surface area contributed by atoms with Gasteiger partial charge in [0.1, 0.15) is 17.2 Å². The summed E-state index contributed by atoms with van der Waals surface area (Å²) in [6.07, 6.45) is 3.34. The van der Waals surface area contributed by atoms with E-state index in [0.717, 1.165) is 16.9 Å². The van der Waals surface area contributed by atoms with Crippen molar-refractivity contribution in [3.63, 3.8) is 0 Å². The first-order chi connectivity index (χ1) is 14.9. The average Bonchev–Trinajstić information content (AvgIpc) is 2.65. The lowest BCUT2D eigenvalue weighted by atomic mass is 9.84. The monoisotopic (exact) mass is 436 g/mol. The van der Waals surface area contributed by atoms with E-state index in [9.17, 15) is 4.79 Å². The minimum atomic E-state index is -0.133. The predicted molar refractivity (Wildman–Crippen MR) is 132 cm³/mol. The Balaban J connectivity index is 2.49. The normalized spacial score (nSPS) is 11.8. The molecule has 0 unspecified atom stereocenters. The zero-order chi connectivity index (χ0) is 24.1. The lowest BCUT2D eigenvalue weighted by molar-refractivity contribution is 0.104. The quantitative estimate of drug-likeness (QED) is 0.234. The van der Waals surface area contributed by atoms with Crippen LogP contribution in [-0.2, 0) is 5.41 Å². The van der Waals surface area contributed by atoms with Gasteiger partial charge >= 0.3 is 0 Å². The lowest BCUT2D eigenvalue weighted by Crippen LogP contribution is -2.18. The molecule has 4 heteroatoms. The smallest absolute Gasteiger partial charge is 0.185 e. The number of carbonyl (C=O) groups excluding carboxylic acids is 1. The minimum Gasteiger partial charge on any atom is -0.490 e. The van der Waals surface area contributed by atoms with Crippen LogP contribution in [0.25, 0.3) is 6.08 Å². The molecule has 0 aliphatic rings. The van der Waals surface area contributed by atoms with Gasteiger partial charge in [-0.25, -0.2) is 0 Å². The summed E-state index contributed by atoms with van der Waals surface area (Å²) in [7, 11) is 0. The summed E-state index contributed by atoms with van der Waals surface area (Å²) < 4.78 is 17.8. The van der Waals surface area contributed by atoms with Crippen LogP contribution in [0.3, 0.4) is 0 Å². The fraction of sp³-hybridized carbons (Fsp3) is 0.393. The molecule has 0 N–H and O–H groups in total. The molecule has 0 amide bonds. The molecule has 0 aromatic heterocycles. The van der Waals surface area contributed by atoms with Crippen LogP contribution in [0.15, 0.2) is 54.8 Å². The first-order valence-electron chi connectivity index (χ1n) is 11.0. The predicted octanol–water partition coefficient (Wildman–Crippen LogP) is 7.37. The standard InChI is InChI=1S/C28H36O4/c1-18(2)30-22-12-10-21(11-13-22)25(29)16-14-23-26(31-19(3)4)17-15-24(28(7,8)9)27(23)32-20(5)6/h10-17,19-20H,1H2,2-9H3. The third-order valence-corrected chi connectivity index (χ3v) is 4.51. The summed E-state index contributed by atoms with van der Waals surface area (Å²) in [6, 6.07) is 11.0. The van der Waals surface area contributed by atoms with Crippen molar-refractivity contribution in [2.45, 2.75) is 73.0 Å². The molecule has 0 bridgehead atoms. The number of hydrogen-bond acceptors (Lipinski definition) is 4. The topological polar surface area (TPSA) is 44.8 Å². The van der Waals surface area contributed by atoms with Crippen LogP contribution in [0.2, 0.25) is 0 Å². The van der Waals surface area contributed by atoms with Gasteiger partial charge in [-0.05, 0) is 82.5 Å². The molecule has 172 valence electrons. The number of rotatable bonds is 9. The highest BCUT2D eigenvalue weighted by molar-refractivity contribution is 6.07. The zero-order valence-electron chi connectivity index (χ0n) is 20.6. The number of benzene rings is 2. The van der Waals surface area contributed by atoms with Gasteiger partial charge in [0.05, 0.1) is 23.5 Å². The van der Waals surface area contributed by atoms with Crippen molar-refractivity contribution in [2.75, 3.05) is 0 Å². The zero-order valence-corrected chi connectivity index (χ0v) is 20.6. The summed E-state index contributed by atoms with van der Waals surface area (Å²) in [5.41, 5.74) is 2.28. The molecule has 2 aromatic carbocycles. The van der Waals surface area contributed by atoms with Crippen LogP contribution in [-0.4, -0.2) is 18.0 Å². The molecule has 0 saturated carbocycles. The summed E-state index contributed by atoms with van der Waals surface area (Å²) in [6.45, 7) is 19.9. The van der Waals surface area contributed by atoms with E-state index in [4.69, 9.17) is 14.2 Å². The molecule has 2 rings (SSSR count). The molecule has 0 aliphatic carbocycles. The van der Waals surface area contributed by atoms with E-state index in [1.54, 1.807) is 43.3 Å². The number of ketones is 1. The number of ether oxygens (including phenoxy) is 3. The van der Waals surface area contributed by atoms with Crippen LogP contribution in [0.5, 0.6) is 17.2 Å². The molecule has 0 radical (unpaired) electrons. The fourth-order valence-electron chi connectivity index (χ4n) is 3.19. The van der Waals surface area contributed by atoms with Gasteiger partial charge in [0, 0.05) is 11.1 Å². The van der Waals surface area contributed by atoms with Crippen molar-refractivity contribution in [1.82, 2.24) is 0 Å². The molecule has 4 nitrogen and oxygen atoms in total. The van der Waals surface area contributed by atoms with E-state index in [-0.39, 0.29) is 23.4 Å². The SMILES string of the molecule is C=C(C)Oc1ccc(C(=O)C=Cc2c(OC(C)C)ccc(C(C)(C)C)c2OC(C)C)cc1. The van der Waals surface area contributed by atoms with Gasteiger partial charge in [-0.15, -0.1) is 0 Å². The van der Waals surface area contributed by atoms with Crippen molar-refractivity contribution >= 4 is 11.9 Å². The maximum absolute atomic E-state index is 12.9. The highest BCUT2D eigenvalue weighted by Gasteiger charge is 2.24. The molecular weight excluding hydrogens is 400 g/mol. The van der Waals surface area contributed by atoms with Crippen molar-refractivity contribution < 1.29 is 19.0 Å². The fourth-order valence-corrected chi connectivity index (χ4v) is 3.19. The maximum Gasteiger partial charge on any atom is 0.185 e. The summed E-state index contributed by atoms with van der Waals surface area (Å²) in [5.74, 6) is 2.58. The van der Waals surface area contributed by atoms with E-state index >= 15 is 0 Å². The largest absolute Gasteiger partial charge is 0.490 e. The molecule has 0 atom stereocenters. The first kappa shape index (κ1) is 25.3. The third kappa shape index (κ3) is 7.01. The van der Waals surface area contributed by atoms with Gasteiger partial charge in [-0.2, -0.15) is 0 Å². The molecule has 0 aliphatic heterocycles. The van der Waals surface area contributed by atoms with Gasteiger partial charge in [-0.1, -0.05) is 33.4 Å². The Kier molecular flexibility index (Phi) is 8.31. The summed E-state index contributed by atoms with van der Waals surface area (Å²) in [5, 5.41) is 0. The first-order valence-corrected chi connectivity index (χ1v) is 11.0. The third-order valence-electron chi connectivity index (χ3n) is 4.51. The molecule has 0 heterocycles. The number of allylic oxidation sites excluding steroid dienone is 2. The van der Waals surface area contributed by atoms with Gasteiger partial charge in [-0.3, -0.25) is 4.79 Å². The van der Waals surface area contributed by atoms with E-state index in [0.29, 0.717) is 22.8 Å². The van der Waals surface area contributed by atoms with E-state index < -0.39 is 0 Å². The highest BCUT2D eigenvalue weighted by Crippen LogP contribution is 2.40. The highest BCUT2D eigenvalue weighted by atomic mass is 16.5. The summed E-state index contributed by atoms with van der Waals surface area (Å²) >= 11 is 0. The number of hydrogen-bond donors (Lipinski definition) is 0. The Morgan fingerprint density at radius 2 is 1.53 bits per heavy atom. The molecule has 0 spiro atoms. The van der Waals surface area contributed by atoms with Crippen LogP contribution in [0, 0.1) is 0 Å². The molecule has 32 heavy (non-hydrogen) atoms. The second kappa shape index (κ2) is 10.5. The van der Waals surface area contributed by atoms with Crippen molar-refractivity contribution in [2.24, 2.45) is 0 Å². The average molecular weight is 437 g/mol. The maximum atomic E-state index is 12.9. The van der Waals surface area contributed by atoms with Gasteiger partial charge in [0.25, 0.3) is 0 Å². The molecule has 0 fully saturated rings. The van der Waals surface area contributed by atoms with E-state index in [1.165, 1.54) is 0 Å².